The van der Waals surface area contributed by atoms with Crippen LogP contribution in [-0.2, 0) is 36.8 Å². The molecule has 4 aromatic rings. The summed E-state index contributed by atoms with van der Waals surface area (Å²) in [5.41, 5.74) is 6.94. The molecule has 238 valence electrons. The molecule has 5 rings (SSSR count). The number of amides is 1. The maximum atomic E-state index is 13.5. The molecule has 0 bridgehead atoms. The minimum absolute atomic E-state index is 0.153. The first kappa shape index (κ1) is 32.9. The van der Waals surface area contributed by atoms with E-state index in [9.17, 15) is 19.5 Å². The molecule has 1 aliphatic heterocycles. The molecule has 5 atom stereocenters. The van der Waals surface area contributed by atoms with Gasteiger partial charge in [-0.15, -0.1) is 0 Å². The average Bonchev–Trinajstić information content (AvgIpc) is 3.09. The van der Waals surface area contributed by atoms with Crippen molar-refractivity contribution in [1.29, 1.82) is 0 Å². The predicted molar refractivity (Wildman–Crippen MR) is 172 cm³/mol. The van der Waals surface area contributed by atoms with E-state index in [0.717, 1.165) is 16.0 Å². The van der Waals surface area contributed by atoms with Gasteiger partial charge in [-0.1, -0.05) is 90.6 Å². The molecule has 1 amide bonds. The molecule has 1 saturated heterocycles. The number of carbonyl (C=O) groups is 3. The second kappa shape index (κ2) is 16.2. The molecule has 0 saturated carbocycles. The SMILES string of the molecule is NC(=O)CCc1ccc(SC2O[C@H](CO)[C@H](OC(=O)c3ccccc3)[C@H](OC(=O)c3ccccc3)[C@H]2OCc2ccccc2)cc1. The van der Waals surface area contributed by atoms with Crippen molar-refractivity contribution in [2.75, 3.05) is 6.61 Å². The van der Waals surface area contributed by atoms with Crippen molar-refractivity contribution >= 4 is 29.6 Å². The number of aliphatic hydroxyl groups is 1. The Morgan fingerprint density at radius 2 is 1.24 bits per heavy atom. The number of carbonyl (C=O) groups excluding carboxylic acids is 3. The van der Waals surface area contributed by atoms with Crippen molar-refractivity contribution in [3.8, 4) is 0 Å². The lowest BCUT2D eigenvalue weighted by molar-refractivity contribution is -0.221. The number of esters is 2. The number of hydrogen-bond acceptors (Lipinski definition) is 9. The molecule has 46 heavy (non-hydrogen) atoms. The zero-order chi connectivity index (χ0) is 32.3. The highest BCUT2D eigenvalue weighted by atomic mass is 32.2. The number of hydrogen-bond donors (Lipinski definition) is 2. The highest BCUT2D eigenvalue weighted by Gasteiger charge is 2.51. The maximum Gasteiger partial charge on any atom is 0.338 e. The quantitative estimate of drug-likeness (QED) is 0.195. The molecule has 0 spiro atoms. The zero-order valence-electron chi connectivity index (χ0n) is 25.0. The minimum Gasteiger partial charge on any atom is -0.452 e. The maximum absolute atomic E-state index is 13.5. The summed E-state index contributed by atoms with van der Waals surface area (Å²) in [7, 11) is 0. The number of benzene rings is 4. The Bertz CT molecular complexity index is 1570. The van der Waals surface area contributed by atoms with E-state index >= 15 is 0 Å². The van der Waals surface area contributed by atoms with Gasteiger partial charge in [0.2, 0.25) is 5.91 Å². The van der Waals surface area contributed by atoms with Gasteiger partial charge in [0.25, 0.3) is 0 Å². The Kier molecular flexibility index (Phi) is 11.6. The summed E-state index contributed by atoms with van der Waals surface area (Å²) >= 11 is 1.32. The molecule has 1 heterocycles. The normalized spacial score (nSPS) is 20.8. The lowest BCUT2D eigenvalue weighted by atomic mass is 9.98. The van der Waals surface area contributed by atoms with Crippen molar-refractivity contribution < 1.29 is 38.4 Å². The van der Waals surface area contributed by atoms with Crippen molar-refractivity contribution in [1.82, 2.24) is 0 Å². The van der Waals surface area contributed by atoms with E-state index in [2.05, 4.69) is 0 Å². The second-order valence-electron chi connectivity index (χ2n) is 10.7. The number of aryl methyl sites for hydroxylation is 1. The van der Waals surface area contributed by atoms with Crippen LogP contribution in [0.2, 0.25) is 0 Å². The lowest BCUT2D eigenvalue weighted by Crippen LogP contribution is -2.61. The fourth-order valence-electron chi connectivity index (χ4n) is 5.01. The highest BCUT2D eigenvalue weighted by molar-refractivity contribution is 7.99. The number of aliphatic hydroxyl groups excluding tert-OH is 1. The summed E-state index contributed by atoms with van der Waals surface area (Å²) in [6.07, 6.45) is -3.55. The van der Waals surface area contributed by atoms with E-state index in [1.165, 1.54) is 11.8 Å². The lowest BCUT2D eigenvalue weighted by Gasteiger charge is -2.44. The summed E-state index contributed by atoms with van der Waals surface area (Å²) in [6, 6.07) is 34.0. The van der Waals surface area contributed by atoms with E-state index in [0.29, 0.717) is 17.5 Å². The van der Waals surface area contributed by atoms with Crippen LogP contribution < -0.4 is 5.73 Å². The molecule has 0 radical (unpaired) electrons. The third-order valence-corrected chi connectivity index (χ3v) is 8.55. The van der Waals surface area contributed by atoms with Crippen LogP contribution in [0.5, 0.6) is 0 Å². The van der Waals surface area contributed by atoms with Gasteiger partial charge in [-0.05, 0) is 53.9 Å². The molecule has 4 aromatic carbocycles. The van der Waals surface area contributed by atoms with Crippen LogP contribution in [0.4, 0.5) is 0 Å². The smallest absolute Gasteiger partial charge is 0.338 e. The molecule has 0 aromatic heterocycles. The van der Waals surface area contributed by atoms with Crippen LogP contribution >= 0.6 is 11.8 Å². The number of nitrogens with two attached hydrogens (primary N) is 1. The molecule has 9 nitrogen and oxygen atoms in total. The van der Waals surface area contributed by atoms with Crippen LogP contribution in [0.1, 0.15) is 38.3 Å². The third-order valence-electron chi connectivity index (χ3n) is 7.40. The molecular weight excluding hydrogens is 606 g/mol. The Labute approximate surface area is 271 Å². The largest absolute Gasteiger partial charge is 0.452 e. The monoisotopic (exact) mass is 641 g/mol. The van der Waals surface area contributed by atoms with E-state index < -0.39 is 48.4 Å². The Hall–Kier alpha value is -4.48. The minimum atomic E-state index is -1.20. The van der Waals surface area contributed by atoms with Crippen molar-refractivity contribution in [3.05, 3.63) is 138 Å². The Balaban J connectivity index is 1.48. The summed E-state index contributed by atoms with van der Waals surface area (Å²) in [5.74, 6) is -1.67. The molecule has 1 fully saturated rings. The van der Waals surface area contributed by atoms with E-state index in [4.69, 9.17) is 24.7 Å². The Morgan fingerprint density at radius 1 is 0.696 bits per heavy atom. The first-order valence-corrected chi connectivity index (χ1v) is 15.8. The van der Waals surface area contributed by atoms with Gasteiger partial charge in [-0.2, -0.15) is 0 Å². The van der Waals surface area contributed by atoms with E-state index in [-0.39, 0.29) is 18.9 Å². The van der Waals surface area contributed by atoms with Gasteiger partial charge in [0.15, 0.2) is 12.2 Å². The zero-order valence-corrected chi connectivity index (χ0v) is 25.8. The van der Waals surface area contributed by atoms with Crippen molar-refractivity contribution in [2.45, 2.75) is 54.2 Å². The number of ether oxygens (including phenoxy) is 4. The standard InChI is InChI=1S/C36H35NO8S/c37-30(39)21-18-24-16-19-28(20-17-24)46-36-33(42-23-25-10-4-1-5-11-25)32(45-35(41)27-14-8-3-9-15-27)31(29(22-38)43-36)44-34(40)26-12-6-2-7-13-26/h1-17,19-20,29,31-33,36,38H,18,21-23H2,(H2,37,39)/t29-,31+,32+,33-,36?/m1/s1. The van der Waals surface area contributed by atoms with Gasteiger partial charge in [0, 0.05) is 11.3 Å². The molecule has 1 aliphatic rings. The summed E-state index contributed by atoms with van der Waals surface area (Å²) < 4.78 is 24.9. The Morgan fingerprint density at radius 3 is 1.78 bits per heavy atom. The second-order valence-corrected chi connectivity index (χ2v) is 11.9. The van der Waals surface area contributed by atoms with Crippen molar-refractivity contribution in [2.24, 2.45) is 5.73 Å². The van der Waals surface area contributed by atoms with Gasteiger partial charge < -0.3 is 29.8 Å². The first-order valence-electron chi connectivity index (χ1n) is 14.9. The molecule has 3 N–H and O–H groups in total. The molecule has 10 heteroatoms. The molecular formula is C36H35NO8S. The predicted octanol–water partition coefficient (Wildman–Crippen LogP) is 4.95. The fourth-order valence-corrected chi connectivity index (χ4v) is 6.13. The van der Waals surface area contributed by atoms with Crippen molar-refractivity contribution in [3.63, 3.8) is 0 Å². The van der Waals surface area contributed by atoms with Gasteiger partial charge in [0.05, 0.1) is 24.3 Å². The van der Waals surface area contributed by atoms with Gasteiger partial charge >= 0.3 is 11.9 Å². The van der Waals surface area contributed by atoms with Gasteiger partial charge in [-0.25, -0.2) is 9.59 Å². The summed E-state index contributed by atoms with van der Waals surface area (Å²) in [5, 5.41) is 10.5. The topological polar surface area (TPSA) is 134 Å². The number of thioether (sulfide) groups is 1. The van der Waals surface area contributed by atoms with Crippen LogP contribution in [0, 0.1) is 0 Å². The highest BCUT2D eigenvalue weighted by Crippen LogP contribution is 2.38. The molecule has 0 aliphatic carbocycles. The first-order chi connectivity index (χ1) is 22.4. The van der Waals surface area contributed by atoms with Crippen LogP contribution in [-0.4, -0.2) is 59.4 Å². The third kappa shape index (κ3) is 8.82. The number of primary amides is 1. The van der Waals surface area contributed by atoms with Gasteiger partial charge in [0.1, 0.15) is 17.6 Å². The van der Waals surface area contributed by atoms with Crippen LogP contribution in [0.25, 0.3) is 0 Å². The fraction of sp³-hybridized carbons (Fsp3) is 0.250. The van der Waals surface area contributed by atoms with Crippen LogP contribution in [0.15, 0.2) is 120 Å². The summed E-state index contributed by atoms with van der Waals surface area (Å²) in [6.45, 7) is -0.360. The molecule has 1 unspecified atom stereocenters. The van der Waals surface area contributed by atoms with E-state index in [1.807, 2.05) is 54.6 Å². The van der Waals surface area contributed by atoms with E-state index in [1.54, 1.807) is 60.7 Å². The average molecular weight is 642 g/mol. The summed E-state index contributed by atoms with van der Waals surface area (Å²) in [4.78, 5) is 38.8. The van der Waals surface area contributed by atoms with Crippen LogP contribution in [0.3, 0.4) is 0 Å². The number of rotatable bonds is 13. The van der Waals surface area contributed by atoms with Gasteiger partial charge in [-0.3, -0.25) is 4.79 Å².